The van der Waals surface area contributed by atoms with Crippen LogP contribution in [0.5, 0.6) is 0 Å². The molecule has 0 fully saturated rings. The number of aryl methyl sites for hydroxylation is 3. The average Bonchev–Trinajstić information content (AvgIpc) is 3.09. The molecule has 2 heterocycles. The molecule has 0 atom stereocenters. The number of pyridine rings is 1. The van der Waals surface area contributed by atoms with Crippen LogP contribution in [-0.2, 0) is 14.1 Å². The third kappa shape index (κ3) is 2.84. The molecule has 4 aromatic carbocycles. The minimum absolute atomic E-state index is 1.23. The summed E-state index contributed by atoms with van der Waals surface area (Å²) in [6, 6.07) is 33.3. The van der Waals surface area contributed by atoms with E-state index in [2.05, 4.69) is 127 Å². The van der Waals surface area contributed by atoms with E-state index in [1.54, 1.807) is 0 Å². The van der Waals surface area contributed by atoms with Crippen molar-refractivity contribution < 1.29 is 4.57 Å². The van der Waals surface area contributed by atoms with Crippen molar-refractivity contribution >= 4 is 32.6 Å². The first-order chi connectivity index (χ1) is 15.6. The van der Waals surface area contributed by atoms with E-state index in [9.17, 15) is 0 Å². The van der Waals surface area contributed by atoms with Crippen LogP contribution in [0.25, 0.3) is 55.0 Å². The molecule has 2 heteroatoms. The van der Waals surface area contributed by atoms with Gasteiger partial charge < -0.3 is 4.57 Å². The summed E-state index contributed by atoms with van der Waals surface area (Å²) in [4.78, 5) is 0. The van der Waals surface area contributed by atoms with Crippen LogP contribution in [0.1, 0.15) is 5.56 Å². The van der Waals surface area contributed by atoms with E-state index in [0.29, 0.717) is 0 Å². The van der Waals surface area contributed by atoms with E-state index in [1.807, 2.05) is 0 Å². The first kappa shape index (κ1) is 18.8. The van der Waals surface area contributed by atoms with Crippen molar-refractivity contribution in [2.75, 3.05) is 0 Å². The third-order valence-corrected chi connectivity index (χ3v) is 6.78. The third-order valence-electron chi connectivity index (χ3n) is 6.78. The maximum atomic E-state index is 2.35. The Morgan fingerprint density at radius 3 is 2.16 bits per heavy atom. The molecule has 0 aliphatic rings. The number of nitrogens with zero attached hydrogens (tertiary/aromatic N) is 2. The molecule has 32 heavy (non-hydrogen) atoms. The normalized spacial score (nSPS) is 11.6. The number of hydrogen-bond acceptors (Lipinski definition) is 0. The van der Waals surface area contributed by atoms with Crippen LogP contribution in [0.2, 0.25) is 0 Å². The topological polar surface area (TPSA) is 8.81 Å². The van der Waals surface area contributed by atoms with Gasteiger partial charge in [-0.1, -0.05) is 42.5 Å². The Balaban J connectivity index is 1.57. The number of fused-ring (bicyclic) bond motifs is 4. The predicted octanol–water partition coefficient (Wildman–Crippen LogP) is 6.95. The summed E-state index contributed by atoms with van der Waals surface area (Å²) in [5.74, 6) is 0. The Morgan fingerprint density at radius 2 is 1.34 bits per heavy atom. The highest BCUT2D eigenvalue weighted by atomic mass is 14.9. The van der Waals surface area contributed by atoms with Gasteiger partial charge in [0.2, 0.25) is 5.69 Å². The van der Waals surface area contributed by atoms with Crippen LogP contribution in [-0.4, -0.2) is 4.57 Å². The van der Waals surface area contributed by atoms with E-state index in [-0.39, 0.29) is 0 Å². The molecule has 0 saturated carbocycles. The number of benzene rings is 4. The summed E-state index contributed by atoms with van der Waals surface area (Å²) < 4.78 is 4.50. The van der Waals surface area contributed by atoms with Gasteiger partial charge in [0.25, 0.3) is 0 Å². The van der Waals surface area contributed by atoms with Crippen LogP contribution >= 0.6 is 0 Å². The van der Waals surface area contributed by atoms with Crippen molar-refractivity contribution in [2.45, 2.75) is 6.92 Å². The molecule has 0 amide bonds. The fourth-order valence-corrected chi connectivity index (χ4v) is 4.96. The van der Waals surface area contributed by atoms with Gasteiger partial charge in [0, 0.05) is 46.5 Å². The Bertz CT molecular complexity index is 1650. The zero-order valence-electron chi connectivity index (χ0n) is 18.6. The van der Waals surface area contributed by atoms with E-state index < -0.39 is 0 Å². The number of hydrogen-bond donors (Lipinski definition) is 0. The Hall–Kier alpha value is -3.91. The summed E-state index contributed by atoms with van der Waals surface area (Å²) in [6.07, 6.45) is 2.11. The van der Waals surface area contributed by atoms with Crippen molar-refractivity contribution in [1.82, 2.24) is 4.57 Å². The molecule has 2 nitrogen and oxygen atoms in total. The minimum Gasteiger partial charge on any atom is -0.344 e. The monoisotopic (exact) mass is 413 g/mol. The lowest BCUT2D eigenvalue weighted by Gasteiger charge is -2.09. The number of aromatic nitrogens is 2. The maximum Gasteiger partial charge on any atom is 0.212 e. The standard InChI is InChI=1S/C30H25N2/c1-20-11-12-23(16-25(20)28-10-6-7-15-31(28)2)24-13-14-29-26(18-24)27-17-21-8-4-5-9-22(21)19-30(27)32(29)3/h4-19H,1-3H3/q+1. The van der Waals surface area contributed by atoms with Gasteiger partial charge in [0.05, 0.1) is 0 Å². The summed E-state index contributed by atoms with van der Waals surface area (Å²) in [5.41, 5.74) is 8.82. The summed E-state index contributed by atoms with van der Waals surface area (Å²) in [7, 11) is 4.27. The van der Waals surface area contributed by atoms with E-state index in [0.717, 1.165) is 0 Å². The van der Waals surface area contributed by atoms with Gasteiger partial charge in [-0.25, -0.2) is 4.57 Å². The molecule has 154 valence electrons. The van der Waals surface area contributed by atoms with E-state index in [1.165, 1.54) is 60.5 Å². The largest absolute Gasteiger partial charge is 0.344 e. The van der Waals surface area contributed by atoms with Gasteiger partial charge in [0.15, 0.2) is 6.20 Å². The molecule has 0 radical (unpaired) electrons. The maximum absolute atomic E-state index is 2.35. The highest BCUT2D eigenvalue weighted by Crippen LogP contribution is 2.35. The lowest BCUT2D eigenvalue weighted by atomic mass is 9.96. The van der Waals surface area contributed by atoms with Crippen molar-refractivity contribution in [1.29, 1.82) is 0 Å². The molecule has 6 rings (SSSR count). The van der Waals surface area contributed by atoms with Gasteiger partial charge in [-0.2, -0.15) is 0 Å². The molecule has 0 unspecified atom stereocenters. The van der Waals surface area contributed by atoms with E-state index >= 15 is 0 Å². The molecule has 0 spiro atoms. The van der Waals surface area contributed by atoms with Gasteiger partial charge in [-0.3, -0.25) is 0 Å². The second-order valence-corrected chi connectivity index (χ2v) is 8.73. The van der Waals surface area contributed by atoms with Gasteiger partial charge >= 0.3 is 0 Å². The molecule has 0 aliphatic carbocycles. The molecule has 0 saturated heterocycles. The summed E-state index contributed by atoms with van der Waals surface area (Å²) in [5, 5.41) is 5.18. The highest BCUT2D eigenvalue weighted by molar-refractivity contribution is 6.13. The van der Waals surface area contributed by atoms with Crippen molar-refractivity contribution in [2.24, 2.45) is 14.1 Å². The smallest absolute Gasteiger partial charge is 0.212 e. The Morgan fingerprint density at radius 1 is 0.656 bits per heavy atom. The average molecular weight is 414 g/mol. The Labute approximate surface area is 188 Å². The van der Waals surface area contributed by atoms with Crippen molar-refractivity contribution in [3.05, 3.63) is 103 Å². The minimum atomic E-state index is 1.23. The van der Waals surface area contributed by atoms with Crippen LogP contribution in [0.15, 0.2) is 97.2 Å². The van der Waals surface area contributed by atoms with Gasteiger partial charge in [-0.15, -0.1) is 0 Å². The molecule has 0 aliphatic heterocycles. The SMILES string of the molecule is Cc1ccc(-c2ccc3c(c2)c2cc4ccccc4cc2n3C)cc1-c1cccc[n+]1C. The fourth-order valence-electron chi connectivity index (χ4n) is 4.96. The molecular formula is C30H25N2+. The fraction of sp³-hybridized carbons (Fsp3) is 0.100. The number of rotatable bonds is 2. The summed E-state index contributed by atoms with van der Waals surface area (Å²) in [6.45, 7) is 2.19. The van der Waals surface area contributed by atoms with Crippen molar-refractivity contribution in [3.63, 3.8) is 0 Å². The first-order valence-corrected chi connectivity index (χ1v) is 11.1. The quantitative estimate of drug-likeness (QED) is 0.272. The van der Waals surface area contributed by atoms with Gasteiger partial charge in [0.1, 0.15) is 7.05 Å². The molecule has 6 aromatic rings. The predicted molar refractivity (Wildman–Crippen MR) is 135 cm³/mol. The van der Waals surface area contributed by atoms with Gasteiger partial charge in [-0.05, 0) is 70.8 Å². The molecular weight excluding hydrogens is 388 g/mol. The van der Waals surface area contributed by atoms with Crippen LogP contribution in [0.3, 0.4) is 0 Å². The molecule has 0 bridgehead atoms. The highest BCUT2D eigenvalue weighted by Gasteiger charge is 2.14. The molecule has 2 aromatic heterocycles. The second-order valence-electron chi connectivity index (χ2n) is 8.73. The lowest BCUT2D eigenvalue weighted by molar-refractivity contribution is -0.660. The lowest BCUT2D eigenvalue weighted by Crippen LogP contribution is -2.30. The second kappa shape index (κ2) is 7.06. The molecule has 0 N–H and O–H groups in total. The van der Waals surface area contributed by atoms with Crippen LogP contribution < -0.4 is 4.57 Å². The van der Waals surface area contributed by atoms with Crippen LogP contribution in [0, 0.1) is 6.92 Å². The zero-order chi connectivity index (χ0) is 21.8. The van der Waals surface area contributed by atoms with Crippen LogP contribution in [0.4, 0.5) is 0 Å². The Kier molecular flexibility index (Phi) is 4.16. The zero-order valence-corrected chi connectivity index (χ0v) is 18.6. The van der Waals surface area contributed by atoms with Crippen molar-refractivity contribution in [3.8, 4) is 22.4 Å². The van der Waals surface area contributed by atoms with E-state index in [4.69, 9.17) is 0 Å². The summed E-state index contributed by atoms with van der Waals surface area (Å²) >= 11 is 0. The first-order valence-electron chi connectivity index (χ1n) is 11.1.